The molecule has 2 aromatic heterocycles. The SMILES string of the molecule is CC(C)CCc1cc(CCC(=O)OCCCCOC(=O)CCC2=CC(C(C)(C)C)[C@@H](O)C(n3nc4ccccc4n3)=C2)cc(-n2nc3ccccc3n2)c1O. The number of benzene rings is 3. The van der Waals surface area contributed by atoms with Gasteiger partial charge in [0.15, 0.2) is 0 Å². The Bertz CT molecular complexity index is 2130. The first-order valence-corrected chi connectivity index (χ1v) is 19.3. The third-order valence-corrected chi connectivity index (χ3v) is 9.91. The molecule has 12 heteroatoms. The fourth-order valence-corrected chi connectivity index (χ4v) is 6.71. The molecule has 0 radical (unpaired) electrons. The molecule has 2 atom stereocenters. The average Bonchev–Trinajstić information content (AvgIpc) is 3.79. The lowest BCUT2D eigenvalue weighted by Crippen LogP contribution is -2.35. The zero-order valence-corrected chi connectivity index (χ0v) is 32.4. The second-order valence-corrected chi connectivity index (χ2v) is 15.8. The Morgan fingerprint density at radius 1 is 0.782 bits per heavy atom. The van der Waals surface area contributed by atoms with Crippen LogP contribution in [0.3, 0.4) is 0 Å². The van der Waals surface area contributed by atoms with Crippen LogP contribution in [0.25, 0.3) is 33.5 Å². The number of phenolic OH excluding ortho intramolecular Hbond substituents is 1. The van der Waals surface area contributed by atoms with Crippen molar-refractivity contribution in [2.24, 2.45) is 17.3 Å². The molecule has 55 heavy (non-hydrogen) atoms. The normalized spacial score (nSPS) is 16.1. The van der Waals surface area contributed by atoms with E-state index < -0.39 is 6.10 Å². The van der Waals surface area contributed by atoms with E-state index in [0.717, 1.165) is 45.2 Å². The molecule has 6 rings (SSSR count). The van der Waals surface area contributed by atoms with Crippen LogP contribution in [-0.4, -0.2) is 71.5 Å². The monoisotopic (exact) mass is 748 g/mol. The van der Waals surface area contributed by atoms with Crippen molar-refractivity contribution >= 4 is 39.7 Å². The van der Waals surface area contributed by atoms with Crippen LogP contribution in [0.4, 0.5) is 0 Å². The lowest BCUT2D eigenvalue weighted by molar-refractivity contribution is -0.146. The molecule has 0 saturated carbocycles. The number of allylic oxidation sites excluding steroid dienone is 2. The predicted octanol–water partition coefficient (Wildman–Crippen LogP) is 7.54. The summed E-state index contributed by atoms with van der Waals surface area (Å²) in [4.78, 5) is 28.3. The van der Waals surface area contributed by atoms with E-state index in [0.29, 0.717) is 49.4 Å². The zero-order valence-electron chi connectivity index (χ0n) is 32.4. The van der Waals surface area contributed by atoms with Crippen LogP contribution in [0.1, 0.15) is 84.3 Å². The Labute approximate surface area is 321 Å². The number of fused-ring (bicyclic) bond motifs is 2. The number of rotatable bonds is 16. The van der Waals surface area contributed by atoms with E-state index in [4.69, 9.17) is 9.47 Å². The van der Waals surface area contributed by atoms with E-state index in [2.05, 4.69) is 55.0 Å². The number of hydrogen-bond acceptors (Lipinski definition) is 10. The largest absolute Gasteiger partial charge is 0.505 e. The highest BCUT2D eigenvalue weighted by Crippen LogP contribution is 2.39. The summed E-state index contributed by atoms with van der Waals surface area (Å²) in [6, 6.07) is 18.9. The number of aryl methyl sites for hydroxylation is 2. The van der Waals surface area contributed by atoms with E-state index >= 15 is 0 Å². The summed E-state index contributed by atoms with van der Waals surface area (Å²) in [6.45, 7) is 11.0. The number of esters is 2. The molecular weight excluding hydrogens is 697 g/mol. The Kier molecular flexibility index (Phi) is 12.4. The second-order valence-electron chi connectivity index (χ2n) is 15.8. The first kappa shape index (κ1) is 39.3. The van der Waals surface area contributed by atoms with Gasteiger partial charge in [-0.25, -0.2) is 0 Å². The van der Waals surface area contributed by atoms with Crippen LogP contribution >= 0.6 is 0 Å². The highest BCUT2D eigenvalue weighted by molar-refractivity contribution is 5.75. The molecule has 0 fully saturated rings. The predicted molar refractivity (Wildman–Crippen MR) is 211 cm³/mol. The van der Waals surface area contributed by atoms with E-state index in [1.165, 1.54) is 9.59 Å². The van der Waals surface area contributed by atoms with Crippen molar-refractivity contribution in [3.05, 3.63) is 89.5 Å². The van der Waals surface area contributed by atoms with Crippen molar-refractivity contribution in [3.63, 3.8) is 0 Å². The van der Waals surface area contributed by atoms with Gasteiger partial charge in [-0.05, 0) is 103 Å². The molecule has 1 unspecified atom stereocenters. The minimum atomic E-state index is -0.800. The topological polar surface area (TPSA) is 154 Å². The lowest BCUT2D eigenvalue weighted by Gasteiger charge is -2.36. The molecule has 1 aliphatic carbocycles. The van der Waals surface area contributed by atoms with E-state index in [9.17, 15) is 19.8 Å². The van der Waals surface area contributed by atoms with E-state index in [-0.39, 0.29) is 55.1 Å². The summed E-state index contributed by atoms with van der Waals surface area (Å²) >= 11 is 0. The Morgan fingerprint density at radius 3 is 1.84 bits per heavy atom. The highest BCUT2D eigenvalue weighted by Gasteiger charge is 2.36. The average molecular weight is 749 g/mol. The van der Waals surface area contributed by atoms with Crippen molar-refractivity contribution < 1.29 is 29.3 Å². The number of phenols is 1. The van der Waals surface area contributed by atoms with Crippen LogP contribution in [0, 0.1) is 17.3 Å². The Morgan fingerprint density at radius 2 is 1.31 bits per heavy atom. The van der Waals surface area contributed by atoms with Gasteiger partial charge in [-0.3, -0.25) is 9.59 Å². The number of carbonyl (C=O) groups excluding carboxylic acids is 2. The van der Waals surface area contributed by atoms with Crippen molar-refractivity contribution in [1.82, 2.24) is 30.0 Å². The van der Waals surface area contributed by atoms with Crippen LogP contribution in [-0.2, 0) is 31.9 Å². The fourth-order valence-electron chi connectivity index (χ4n) is 6.71. The molecule has 3 aromatic carbocycles. The molecule has 2 N–H and O–H groups in total. The summed E-state index contributed by atoms with van der Waals surface area (Å²) in [5.74, 6) is -0.208. The van der Waals surface area contributed by atoms with Gasteiger partial charge in [-0.2, -0.15) is 4.80 Å². The molecule has 0 spiro atoms. The van der Waals surface area contributed by atoms with Gasteiger partial charge in [0.2, 0.25) is 0 Å². The molecular formula is C43H52N6O6. The molecule has 1 aliphatic rings. The van der Waals surface area contributed by atoms with Crippen molar-refractivity contribution in [2.75, 3.05) is 13.2 Å². The van der Waals surface area contributed by atoms with Gasteiger partial charge in [0, 0.05) is 18.8 Å². The first-order chi connectivity index (χ1) is 26.4. The number of aliphatic hydroxyl groups is 1. The number of aromatic nitrogens is 6. The van der Waals surface area contributed by atoms with Gasteiger partial charge in [0.1, 0.15) is 39.6 Å². The third-order valence-electron chi connectivity index (χ3n) is 9.91. The van der Waals surface area contributed by atoms with Gasteiger partial charge >= 0.3 is 11.9 Å². The molecule has 5 aromatic rings. The fraction of sp³-hybridized carbons (Fsp3) is 0.442. The first-order valence-electron chi connectivity index (χ1n) is 19.3. The summed E-state index contributed by atoms with van der Waals surface area (Å²) < 4.78 is 11.0. The van der Waals surface area contributed by atoms with Gasteiger partial charge in [0.25, 0.3) is 0 Å². The van der Waals surface area contributed by atoms with Crippen LogP contribution in [0.15, 0.2) is 78.4 Å². The maximum absolute atomic E-state index is 12.7. The number of unbranched alkanes of at least 4 members (excludes halogenated alkanes) is 1. The standard InChI is InChI=1S/C43H52N6O6/c1-28(2)16-19-31-24-29(26-37(41(31)52)48-44-33-12-6-7-13-34(33)45-48)17-20-39(50)54-22-10-11-23-55-40(51)21-18-30-25-32(43(3,4)5)42(53)38(27-30)49-46-35-14-8-9-15-36(35)47-49/h6-9,12-15,24-28,32,42,52-53H,10-11,16-23H2,1-5H3/t32?,42-/m1/s1. The molecule has 0 amide bonds. The molecule has 0 bridgehead atoms. The second kappa shape index (κ2) is 17.4. The minimum Gasteiger partial charge on any atom is -0.505 e. The van der Waals surface area contributed by atoms with Crippen molar-refractivity contribution in [2.45, 2.75) is 92.1 Å². The molecule has 290 valence electrons. The summed E-state index contributed by atoms with van der Waals surface area (Å²) in [7, 11) is 0. The van der Waals surface area contributed by atoms with Crippen molar-refractivity contribution in [1.29, 1.82) is 0 Å². The number of carbonyl (C=O) groups is 2. The Balaban J connectivity index is 0.952. The summed E-state index contributed by atoms with van der Waals surface area (Å²) in [5.41, 5.74) is 6.39. The van der Waals surface area contributed by atoms with Crippen LogP contribution in [0.5, 0.6) is 5.75 Å². The molecule has 2 heterocycles. The molecule has 0 aliphatic heterocycles. The van der Waals surface area contributed by atoms with Crippen LogP contribution < -0.4 is 0 Å². The molecule has 12 nitrogen and oxygen atoms in total. The number of nitrogens with zero attached hydrogens (tertiary/aromatic N) is 6. The van der Waals surface area contributed by atoms with Gasteiger partial charge in [-0.1, -0.05) is 71.0 Å². The lowest BCUT2D eigenvalue weighted by atomic mass is 9.73. The summed E-state index contributed by atoms with van der Waals surface area (Å²) in [5, 5.41) is 40.8. The third kappa shape index (κ3) is 10.0. The van der Waals surface area contributed by atoms with Crippen molar-refractivity contribution in [3.8, 4) is 11.4 Å². The highest BCUT2D eigenvalue weighted by atomic mass is 16.5. The van der Waals surface area contributed by atoms with Gasteiger partial charge in [0.05, 0.1) is 18.9 Å². The van der Waals surface area contributed by atoms with Gasteiger partial charge < -0.3 is 19.7 Å². The quantitative estimate of drug-likeness (QED) is 0.0764. The maximum atomic E-state index is 12.7. The zero-order chi connectivity index (χ0) is 39.1. The van der Waals surface area contributed by atoms with E-state index in [1.807, 2.05) is 72.8 Å². The van der Waals surface area contributed by atoms with Gasteiger partial charge in [-0.15, -0.1) is 25.2 Å². The van der Waals surface area contributed by atoms with E-state index in [1.54, 1.807) is 0 Å². The number of aromatic hydroxyl groups is 1. The smallest absolute Gasteiger partial charge is 0.306 e. The number of aliphatic hydroxyl groups excluding tert-OH is 1. The minimum absolute atomic E-state index is 0.149. The molecule has 0 saturated heterocycles. The Hall–Kier alpha value is -5.36. The summed E-state index contributed by atoms with van der Waals surface area (Å²) in [6.07, 6.45) is 7.12. The maximum Gasteiger partial charge on any atom is 0.306 e. The number of hydrogen-bond donors (Lipinski definition) is 2. The van der Waals surface area contributed by atoms with Crippen LogP contribution in [0.2, 0.25) is 0 Å². The number of ether oxygens (including phenoxy) is 2.